The number of hydrogen-bond donors (Lipinski definition) is 2. The predicted octanol–water partition coefficient (Wildman–Crippen LogP) is 2.54. The first kappa shape index (κ1) is 11.3. The first-order valence-electron chi connectivity index (χ1n) is 5.56. The molecule has 2 rings (SSSR count). The number of nitrogens with zero attached hydrogens (tertiary/aromatic N) is 1. The maximum atomic E-state index is 7.47. The van der Waals surface area contributed by atoms with E-state index in [4.69, 9.17) is 11.1 Å². The zero-order chi connectivity index (χ0) is 12.1. The summed E-state index contributed by atoms with van der Waals surface area (Å²) in [6.07, 6.45) is 2.27. The van der Waals surface area contributed by atoms with Crippen molar-refractivity contribution in [3.8, 4) is 0 Å². The van der Waals surface area contributed by atoms with E-state index in [2.05, 4.69) is 4.98 Å². The summed E-state index contributed by atoms with van der Waals surface area (Å²) in [5, 5.41) is 7.47. The minimum Gasteiger partial charge on any atom is -0.388 e. The molecule has 0 spiro atoms. The first-order chi connectivity index (χ1) is 8.27. The van der Waals surface area contributed by atoms with Crippen molar-refractivity contribution in [2.45, 2.75) is 12.3 Å². The molecule has 0 aliphatic heterocycles. The van der Waals surface area contributed by atoms with Gasteiger partial charge < -0.3 is 5.73 Å². The van der Waals surface area contributed by atoms with Gasteiger partial charge in [-0.25, -0.2) is 0 Å². The van der Waals surface area contributed by atoms with Crippen LogP contribution in [0.5, 0.6) is 0 Å². The highest BCUT2D eigenvalue weighted by Crippen LogP contribution is 2.25. The van der Waals surface area contributed by atoms with Gasteiger partial charge in [-0.2, -0.15) is 0 Å². The summed E-state index contributed by atoms with van der Waals surface area (Å²) in [4.78, 5) is 4.36. The van der Waals surface area contributed by atoms with E-state index < -0.39 is 0 Å². The van der Waals surface area contributed by atoms with Crippen molar-refractivity contribution in [2.24, 2.45) is 5.73 Å². The topological polar surface area (TPSA) is 62.8 Å². The lowest BCUT2D eigenvalue weighted by atomic mass is 9.91. The molecule has 0 saturated heterocycles. The van der Waals surface area contributed by atoms with Gasteiger partial charge in [-0.05, 0) is 17.7 Å². The molecule has 0 aliphatic rings. The number of nitrogens with one attached hydrogen (secondary N) is 1. The number of rotatable bonds is 4. The molecule has 0 amide bonds. The van der Waals surface area contributed by atoms with Crippen LogP contribution in [-0.2, 0) is 0 Å². The molecular formula is C14H15N3. The third kappa shape index (κ3) is 2.91. The largest absolute Gasteiger partial charge is 0.388 e. The van der Waals surface area contributed by atoms with Crippen molar-refractivity contribution in [1.82, 2.24) is 4.98 Å². The van der Waals surface area contributed by atoms with Crippen molar-refractivity contribution in [1.29, 1.82) is 5.41 Å². The molecule has 17 heavy (non-hydrogen) atoms. The van der Waals surface area contributed by atoms with Gasteiger partial charge in [0.2, 0.25) is 0 Å². The number of amidine groups is 1. The molecule has 3 nitrogen and oxygen atoms in total. The molecule has 1 aromatic heterocycles. The van der Waals surface area contributed by atoms with Crippen LogP contribution in [0.25, 0.3) is 0 Å². The fourth-order valence-electron chi connectivity index (χ4n) is 1.88. The van der Waals surface area contributed by atoms with Crippen LogP contribution in [0.4, 0.5) is 0 Å². The van der Waals surface area contributed by atoms with Crippen molar-refractivity contribution in [3.63, 3.8) is 0 Å². The van der Waals surface area contributed by atoms with Crippen LogP contribution in [-0.4, -0.2) is 10.8 Å². The molecule has 2 aromatic rings. The fourth-order valence-corrected chi connectivity index (χ4v) is 1.88. The van der Waals surface area contributed by atoms with Gasteiger partial charge in [-0.3, -0.25) is 10.4 Å². The molecular weight excluding hydrogens is 210 g/mol. The minimum absolute atomic E-state index is 0.0647. The molecule has 0 aliphatic carbocycles. The molecule has 1 atom stereocenters. The highest BCUT2D eigenvalue weighted by Gasteiger charge is 2.15. The summed E-state index contributed by atoms with van der Waals surface area (Å²) in [5.41, 5.74) is 7.62. The Kier molecular flexibility index (Phi) is 3.50. The molecule has 0 radical (unpaired) electrons. The minimum atomic E-state index is 0.0647. The van der Waals surface area contributed by atoms with Crippen LogP contribution in [0.1, 0.15) is 23.6 Å². The molecule has 1 unspecified atom stereocenters. The van der Waals surface area contributed by atoms with Crippen molar-refractivity contribution in [2.75, 3.05) is 0 Å². The van der Waals surface area contributed by atoms with Gasteiger partial charge in [0.1, 0.15) is 0 Å². The lowest BCUT2D eigenvalue weighted by Crippen LogP contribution is -2.16. The Morgan fingerprint density at radius 3 is 2.41 bits per heavy atom. The summed E-state index contributed by atoms with van der Waals surface area (Å²) >= 11 is 0. The van der Waals surface area contributed by atoms with E-state index in [1.165, 1.54) is 0 Å². The molecule has 3 N–H and O–H groups in total. The maximum absolute atomic E-state index is 7.47. The van der Waals surface area contributed by atoms with Gasteiger partial charge >= 0.3 is 0 Å². The quantitative estimate of drug-likeness (QED) is 0.620. The number of nitrogens with two attached hydrogens (primary N) is 1. The third-order valence-electron chi connectivity index (χ3n) is 2.67. The molecule has 1 aromatic carbocycles. The smallest absolute Gasteiger partial charge is 0.0915 e. The van der Waals surface area contributed by atoms with Gasteiger partial charge in [0, 0.05) is 24.2 Å². The lowest BCUT2D eigenvalue weighted by molar-refractivity contribution is 0.809. The first-order valence-corrected chi connectivity index (χ1v) is 5.56. The second-order valence-corrected chi connectivity index (χ2v) is 3.95. The predicted molar refractivity (Wildman–Crippen MR) is 69.1 cm³/mol. The summed E-state index contributed by atoms with van der Waals surface area (Å²) in [6.45, 7) is 0. The van der Waals surface area contributed by atoms with E-state index in [1.807, 2.05) is 48.5 Å². The van der Waals surface area contributed by atoms with E-state index in [9.17, 15) is 0 Å². The Bertz CT molecular complexity index is 440. The number of pyridine rings is 1. The third-order valence-corrected chi connectivity index (χ3v) is 2.67. The summed E-state index contributed by atoms with van der Waals surface area (Å²) in [7, 11) is 0. The summed E-state index contributed by atoms with van der Waals surface area (Å²) in [5.74, 6) is 0.249. The van der Waals surface area contributed by atoms with Gasteiger partial charge in [-0.1, -0.05) is 36.4 Å². The van der Waals surface area contributed by atoms with Crippen LogP contribution in [0, 0.1) is 5.41 Å². The fraction of sp³-hybridized carbons (Fsp3) is 0.143. The van der Waals surface area contributed by atoms with E-state index in [-0.39, 0.29) is 11.8 Å². The second-order valence-electron chi connectivity index (χ2n) is 3.95. The van der Waals surface area contributed by atoms with Crippen molar-refractivity contribution < 1.29 is 0 Å². The van der Waals surface area contributed by atoms with E-state index in [0.717, 1.165) is 11.3 Å². The standard InChI is InChI=1S/C14H15N3/c15-14(16)10-12(11-6-2-1-3-7-11)13-8-4-5-9-17-13/h1-9,12H,10H2,(H3,15,16). The lowest BCUT2D eigenvalue weighted by Gasteiger charge is -2.16. The highest BCUT2D eigenvalue weighted by atomic mass is 14.7. The number of hydrogen-bond acceptors (Lipinski definition) is 2. The Morgan fingerprint density at radius 1 is 1.12 bits per heavy atom. The molecule has 0 bridgehead atoms. The normalized spacial score (nSPS) is 12.0. The van der Waals surface area contributed by atoms with Crippen molar-refractivity contribution in [3.05, 3.63) is 66.0 Å². The van der Waals surface area contributed by atoms with Crippen molar-refractivity contribution >= 4 is 5.84 Å². The van der Waals surface area contributed by atoms with Gasteiger partial charge in [0.05, 0.1) is 5.84 Å². The van der Waals surface area contributed by atoms with E-state index in [1.54, 1.807) is 6.20 Å². The highest BCUT2D eigenvalue weighted by molar-refractivity contribution is 5.78. The van der Waals surface area contributed by atoms with E-state index in [0.29, 0.717) is 6.42 Å². The van der Waals surface area contributed by atoms with Gasteiger partial charge in [0.15, 0.2) is 0 Å². The monoisotopic (exact) mass is 225 g/mol. The van der Waals surface area contributed by atoms with Crippen LogP contribution in [0.2, 0.25) is 0 Å². The molecule has 1 heterocycles. The molecule has 0 saturated carbocycles. The zero-order valence-corrected chi connectivity index (χ0v) is 9.51. The Labute approximate surface area is 101 Å². The molecule has 86 valence electrons. The van der Waals surface area contributed by atoms with Crippen LogP contribution in [0.15, 0.2) is 54.7 Å². The number of aromatic nitrogens is 1. The number of benzene rings is 1. The Balaban J connectivity index is 2.36. The maximum Gasteiger partial charge on any atom is 0.0915 e. The van der Waals surface area contributed by atoms with Crippen LogP contribution < -0.4 is 5.73 Å². The summed E-state index contributed by atoms with van der Waals surface area (Å²) in [6, 6.07) is 15.9. The van der Waals surface area contributed by atoms with Crippen LogP contribution >= 0.6 is 0 Å². The zero-order valence-electron chi connectivity index (χ0n) is 9.51. The summed E-state index contributed by atoms with van der Waals surface area (Å²) < 4.78 is 0. The average molecular weight is 225 g/mol. The van der Waals surface area contributed by atoms with E-state index >= 15 is 0 Å². The molecule has 0 fully saturated rings. The average Bonchev–Trinajstić information content (AvgIpc) is 2.38. The Hall–Kier alpha value is -2.16. The second kappa shape index (κ2) is 5.25. The molecule has 3 heteroatoms. The van der Waals surface area contributed by atoms with Gasteiger partial charge in [-0.15, -0.1) is 0 Å². The Morgan fingerprint density at radius 2 is 1.82 bits per heavy atom. The van der Waals surface area contributed by atoms with Crippen LogP contribution in [0.3, 0.4) is 0 Å². The van der Waals surface area contributed by atoms with Gasteiger partial charge in [0.25, 0.3) is 0 Å². The SMILES string of the molecule is N=C(N)CC(c1ccccc1)c1ccccn1.